The molecule has 0 aromatic carbocycles. The Morgan fingerprint density at radius 2 is 2.50 bits per heavy atom. The number of aliphatic imine (C=N–C) groups is 1. The number of nitrogens with zero attached hydrogens (tertiary/aromatic N) is 1. The van der Waals surface area contributed by atoms with Crippen LogP contribution in [0.5, 0.6) is 0 Å². The molecule has 4 heteroatoms. The van der Waals surface area contributed by atoms with Crippen molar-refractivity contribution in [2.75, 3.05) is 13.2 Å². The van der Waals surface area contributed by atoms with Crippen LogP contribution in [-0.2, 0) is 4.74 Å². The zero-order valence-electron chi connectivity index (χ0n) is 7.86. The summed E-state index contributed by atoms with van der Waals surface area (Å²) in [6.45, 7) is 1.77. The number of rotatable bonds is 0. The van der Waals surface area contributed by atoms with Gasteiger partial charge in [-0.2, -0.15) is 0 Å². The monoisotopic (exact) mass is 191 g/mol. The number of fused-ring (bicyclic) bond motifs is 2. The van der Waals surface area contributed by atoms with E-state index < -0.39 is 0 Å². The Kier molecular flexibility index (Phi) is 1.80. The third kappa shape index (κ3) is 1.23. The SMILES string of the molecule is C1=CO[C@H]2C[C@@H]3CNCN=C3C=C2N1. The summed E-state index contributed by atoms with van der Waals surface area (Å²) in [4.78, 5) is 4.45. The molecule has 3 aliphatic rings. The maximum atomic E-state index is 5.54. The van der Waals surface area contributed by atoms with Gasteiger partial charge in [-0.3, -0.25) is 10.3 Å². The number of hydrogen-bond acceptors (Lipinski definition) is 4. The highest BCUT2D eigenvalue weighted by Gasteiger charge is 2.31. The van der Waals surface area contributed by atoms with Gasteiger partial charge in [0.05, 0.1) is 18.6 Å². The smallest absolute Gasteiger partial charge is 0.138 e. The fraction of sp³-hybridized carbons (Fsp3) is 0.500. The molecule has 0 spiro atoms. The van der Waals surface area contributed by atoms with Gasteiger partial charge in [0.2, 0.25) is 0 Å². The largest absolute Gasteiger partial charge is 0.490 e. The van der Waals surface area contributed by atoms with Gasteiger partial charge in [-0.05, 0) is 12.5 Å². The highest BCUT2D eigenvalue weighted by Crippen LogP contribution is 2.26. The minimum absolute atomic E-state index is 0.198. The first-order valence-corrected chi connectivity index (χ1v) is 4.97. The van der Waals surface area contributed by atoms with Gasteiger partial charge in [0.1, 0.15) is 6.10 Å². The summed E-state index contributed by atoms with van der Waals surface area (Å²) >= 11 is 0. The van der Waals surface area contributed by atoms with E-state index in [1.807, 2.05) is 6.20 Å². The van der Waals surface area contributed by atoms with Crippen molar-refractivity contribution in [1.29, 1.82) is 0 Å². The van der Waals surface area contributed by atoms with Crippen LogP contribution in [0.1, 0.15) is 6.42 Å². The molecule has 1 aliphatic carbocycles. The molecule has 4 nitrogen and oxygen atoms in total. The van der Waals surface area contributed by atoms with E-state index in [4.69, 9.17) is 4.74 Å². The summed E-state index contributed by atoms with van der Waals surface area (Å²) in [5, 5.41) is 6.48. The lowest BCUT2D eigenvalue weighted by Gasteiger charge is -2.34. The zero-order chi connectivity index (χ0) is 9.38. The zero-order valence-corrected chi connectivity index (χ0v) is 7.86. The first kappa shape index (κ1) is 8.05. The molecule has 0 aromatic rings. The Morgan fingerprint density at radius 3 is 3.50 bits per heavy atom. The molecule has 0 bridgehead atoms. The van der Waals surface area contributed by atoms with Crippen LogP contribution in [0.25, 0.3) is 0 Å². The van der Waals surface area contributed by atoms with Crippen LogP contribution < -0.4 is 10.6 Å². The molecule has 0 fully saturated rings. The molecule has 2 atom stereocenters. The van der Waals surface area contributed by atoms with Crippen LogP contribution in [0, 0.1) is 5.92 Å². The third-order valence-electron chi connectivity index (χ3n) is 2.89. The predicted octanol–water partition coefficient (Wildman–Crippen LogP) is 0.352. The Balaban J connectivity index is 1.93. The van der Waals surface area contributed by atoms with Gasteiger partial charge in [0.25, 0.3) is 0 Å². The second-order valence-electron chi connectivity index (χ2n) is 3.80. The van der Waals surface area contributed by atoms with Crippen LogP contribution in [0.4, 0.5) is 0 Å². The van der Waals surface area contributed by atoms with Crippen LogP contribution in [0.3, 0.4) is 0 Å². The lowest BCUT2D eigenvalue weighted by Crippen LogP contribution is -2.42. The van der Waals surface area contributed by atoms with Crippen molar-refractivity contribution < 1.29 is 4.74 Å². The maximum Gasteiger partial charge on any atom is 0.138 e. The van der Waals surface area contributed by atoms with Gasteiger partial charge in [0.15, 0.2) is 0 Å². The highest BCUT2D eigenvalue weighted by molar-refractivity contribution is 5.99. The lowest BCUT2D eigenvalue weighted by atomic mass is 9.87. The quantitative estimate of drug-likeness (QED) is 0.581. The fourth-order valence-corrected chi connectivity index (χ4v) is 2.15. The Bertz CT molecular complexity index is 332. The molecule has 0 aromatic heterocycles. The number of nitrogens with one attached hydrogen (secondary N) is 2. The van der Waals surface area contributed by atoms with Crippen molar-refractivity contribution in [2.45, 2.75) is 12.5 Å². The summed E-state index contributed by atoms with van der Waals surface area (Å²) < 4.78 is 5.54. The molecule has 0 unspecified atom stereocenters. The van der Waals surface area contributed by atoms with Gasteiger partial charge >= 0.3 is 0 Å². The van der Waals surface area contributed by atoms with E-state index >= 15 is 0 Å². The van der Waals surface area contributed by atoms with Gasteiger partial charge in [0, 0.05) is 24.4 Å². The molecule has 2 N–H and O–H groups in total. The number of allylic oxidation sites excluding steroid dienone is 1. The second-order valence-corrected chi connectivity index (χ2v) is 3.80. The van der Waals surface area contributed by atoms with Crippen molar-refractivity contribution in [1.82, 2.24) is 10.6 Å². The van der Waals surface area contributed by atoms with E-state index in [2.05, 4.69) is 21.7 Å². The Labute approximate surface area is 82.7 Å². The molecule has 14 heavy (non-hydrogen) atoms. The van der Waals surface area contributed by atoms with Crippen LogP contribution in [0.2, 0.25) is 0 Å². The van der Waals surface area contributed by atoms with Crippen LogP contribution in [-0.4, -0.2) is 25.0 Å². The molecule has 2 aliphatic heterocycles. The minimum atomic E-state index is 0.198. The average molecular weight is 191 g/mol. The van der Waals surface area contributed by atoms with Crippen molar-refractivity contribution in [3.63, 3.8) is 0 Å². The molecule has 0 saturated heterocycles. The van der Waals surface area contributed by atoms with E-state index in [0.717, 1.165) is 25.3 Å². The van der Waals surface area contributed by atoms with Crippen molar-refractivity contribution >= 4 is 5.71 Å². The number of hydrogen-bond donors (Lipinski definition) is 2. The van der Waals surface area contributed by atoms with E-state index in [1.54, 1.807) is 6.26 Å². The summed E-state index contributed by atoms with van der Waals surface area (Å²) in [5.41, 5.74) is 2.35. The van der Waals surface area contributed by atoms with Gasteiger partial charge < -0.3 is 10.1 Å². The molecule has 74 valence electrons. The van der Waals surface area contributed by atoms with Crippen LogP contribution >= 0.6 is 0 Å². The van der Waals surface area contributed by atoms with Gasteiger partial charge in [-0.25, -0.2) is 0 Å². The predicted molar refractivity (Wildman–Crippen MR) is 53.6 cm³/mol. The minimum Gasteiger partial charge on any atom is -0.490 e. The molecule has 0 radical (unpaired) electrons. The third-order valence-corrected chi connectivity index (χ3v) is 2.89. The maximum absolute atomic E-state index is 5.54. The second kappa shape index (κ2) is 3.13. The van der Waals surface area contributed by atoms with Gasteiger partial charge in [-0.1, -0.05) is 0 Å². The first-order chi connectivity index (χ1) is 6.93. The molecular weight excluding hydrogens is 178 g/mol. The Morgan fingerprint density at radius 1 is 1.50 bits per heavy atom. The van der Waals surface area contributed by atoms with E-state index in [0.29, 0.717) is 5.92 Å². The molecular formula is C10H13N3O. The summed E-state index contributed by atoms with van der Waals surface area (Å²) in [6.07, 6.45) is 6.90. The lowest BCUT2D eigenvalue weighted by molar-refractivity contribution is 0.137. The molecule has 0 saturated carbocycles. The molecule has 2 heterocycles. The topological polar surface area (TPSA) is 45.6 Å². The van der Waals surface area contributed by atoms with E-state index in [1.165, 1.54) is 5.71 Å². The first-order valence-electron chi connectivity index (χ1n) is 4.97. The van der Waals surface area contributed by atoms with Crippen molar-refractivity contribution in [2.24, 2.45) is 10.9 Å². The normalized spacial score (nSPS) is 34.3. The van der Waals surface area contributed by atoms with Gasteiger partial charge in [-0.15, -0.1) is 0 Å². The van der Waals surface area contributed by atoms with Crippen LogP contribution in [0.15, 0.2) is 29.2 Å². The molecule has 3 rings (SSSR count). The standard InChI is InChI=1S/C10H13N3O/c1-2-14-10-3-7-5-11-6-13-8(7)4-9(10)12-1/h1-2,4,7,10-12H,3,5-6H2/t7-,10+/m1/s1. The summed E-state index contributed by atoms with van der Waals surface area (Å²) in [5.74, 6) is 0.519. The highest BCUT2D eigenvalue weighted by atomic mass is 16.5. The summed E-state index contributed by atoms with van der Waals surface area (Å²) in [6, 6.07) is 0. The van der Waals surface area contributed by atoms with E-state index in [-0.39, 0.29) is 6.10 Å². The van der Waals surface area contributed by atoms with Crippen molar-refractivity contribution in [3.05, 3.63) is 24.2 Å². The van der Waals surface area contributed by atoms with Crippen molar-refractivity contribution in [3.8, 4) is 0 Å². The number of ether oxygens (including phenoxy) is 1. The average Bonchev–Trinajstić information content (AvgIpc) is 2.26. The summed E-state index contributed by atoms with van der Waals surface area (Å²) in [7, 11) is 0. The fourth-order valence-electron chi connectivity index (χ4n) is 2.15. The Hall–Kier alpha value is -1.29. The van der Waals surface area contributed by atoms with E-state index in [9.17, 15) is 0 Å². The molecule has 0 amide bonds.